The molecule has 0 saturated carbocycles. The van der Waals surface area contributed by atoms with Crippen LogP contribution >= 0.6 is 0 Å². The first-order chi connectivity index (χ1) is 9.16. The van der Waals surface area contributed by atoms with Crippen LogP contribution in [0.1, 0.15) is 27.2 Å². The molecule has 0 amide bonds. The molecule has 6 nitrogen and oxygen atoms in total. The second-order valence-corrected chi connectivity index (χ2v) is 7.50. The Kier molecular flexibility index (Phi) is 7.82. The fourth-order valence-electron chi connectivity index (χ4n) is 1.61. The van der Waals surface area contributed by atoms with Crippen LogP contribution in [0.5, 0.6) is 0 Å². The Bertz CT molecular complexity index is 304. The number of rotatable bonds is 11. The van der Waals surface area contributed by atoms with Gasteiger partial charge in [0.15, 0.2) is 0 Å². The molecular formula is C13H29N3O3Si. The largest absolute Gasteiger partial charge is 0.502 e. The van der Waals surface area contributed by atoms with Crippen LogP contribution in [0.25, 0.3) is 0 Å². The highest BCUT2D eigenvalue weighted by molar-refractivity contribution is 6.60. The molecule has 0 aromatic carbocycles. The third kappa shape index (κ3) is 6.75. The minimum absolute atomic E-state index is 0.323. The molecule has 20 heavy (non-hydrogen) atoms. The van der Waals surface area contributed by atoms with E-state index in [4.69, 9.17) is 30.5 Å². The molecule has 0 bridgehead atoms. The molecule has 0 rings (SSSR count). The summed E-state index contributed by atoms with van der Waals surface area (Å²) >= 11 is 0. The van der Waals surface area contributed by atoms with Crippen LogP contribution in [0.2, 0.25) is 6.04 Å². The maximum Gasteiger partial charge on any atom is 0.502 e. The average Bonchev–Trinajstić information content (AvgIpc) is 2.36. The summed E-state index contributed by atoms with van der Waals surface area (Å²) in [6, 6.07) is 0.426. The van der Waals surface area contributed by atoms with Gasteiger partial charge in [0.25, 0.3) is 0 Å². The zero-order chi connectivity index (χ0) is 15.9. The van der Waals surface area contributed by atoms with Crippen LogP contribution in [0.15, 0.2) is 25.3 Å². The lowest BCUT2D eigenvalue weighted by Gasteiger charge is -2.37. The van der Waals surface area contributed by atoms with Crippen LogP contribution in [-0.4, -0.2) is 33.4 Å². The lowest BCUT2D eigenvalue weighted by molar-refractivity contribution is 0.0240. The van der Waals surface area contributed by atoms with Crippen molar-refractivity contribution in [2.75, 3.05) is 13.2 Å². The summed E-state index contributed by atoms with van der Waals surface area (Å²) in [5.74, 6) is -1.28. The van der Waals surface area contributed by atoms with Gasteiger partial charge in [0.05, 0.1) is 5.60 Å². The summed E-state index contributed by atoms with van der Waals surface area (Å²) in [5, 5.41) is 0. The van der Waals surface area contributed by atoms with Crippen LogP contribution < -0.4 is 17.2 Å². The lowest BCUT2D eigenvalue weighted by atomic mass is 10.1. The predicted molar refractivity (Wildman–Crippen MR) is 83.6 cm³/mol. The molecule has 0 heterocycles. The summed E-state index contributed by atoms with van der Waals surface area (Å²) in [5.41, 5.74) is 16.2. The van der Waals surface area contributed by atoms with Crippen molar-refractivity contribution in [3.63, 3.8) is 0 Å². The number of nitrogens with two attached hydrogens (primary N) is 3. The summed E-state index contributed by atoms with van der Waals surface area (Å²) in [6.45, 7) is 14.0. The van der Waals surface area contributed by atoms with E-state index in [0.29, 0.717) is 25.7 Å². The van der Waals surface area contributed by atoms with Crippen molar-refractivity contribution in [3.8, 4) is 0 Å². The fraction of sp³-hybridized carbons (Fsp3) is 0.692. The standard InChI is InChI=1S/C13H29N3O3Si/c1-6-12(5,7-2)19-20(17-8-3,18-9-4)11-10-13(14,15)16/h6-7H,1-2,8-11,14-16H2,3-5H3. The van der Waals surface area contributed by atoms with Crippen molar-refractivity contribution in [3.05, 3.63) is 25.3 Å². The van der Waals surface area contributed by atoms with Gasteiger partial charge in [-0.3, -0.25) is 0 Å². The quantitative estimate of drug-likeness (QED) is 0.299. The highest BCUT2D eigenvalue weighted by Crippen LogP contribution is 2.27. The molecule has 0 atom stereocenters. The van der Waals surface area contributed by atoms with E-state index in [9.17, 15) is 0 Å². The molecular weight excluding hydrogens is 274 g/mol. The van der Waals surface area contributed by atoms with E-state index in [-0.39, 0.29) is 0 Å². The minimum Gasteiger partial charge on any atom is -0.374 e. The molecule has 0 aliphatic heterocycles. The summed E-state index contributed by atoms with van der Waals surface area (Å²) in [6.07, 6.45) is 3.63. The third-order valence-electron chi connectivity index (χ3n) is 2.78. The first-order valence-corrected chi connectivity index (χ1v) is 8.71. The molecule has 7 heteroatoms. The molecule has 0 radical (unpaired) electrons. The van der Waals surface area contributed by atoms with Crippen LogP contribution in [0.4, 0.5) is 0 Å². The van der Waals surface area contributed by atoms with Gasteiger partial charge in [-0.1, -0.05) is 25.3 Å². The molecule has 0 spiro atoms. The van der Waals surface area contributed by atoms with Crippen LogP contribution in [0, 0.1) is 0 Å². The van der Waals surface area contributed by atoms with Crippen molar-refractivity contribution < 1.29 is 13.3 Å². The Labute approximate surface area is 123 Å². The van der Waals surface area contributed by atoms with Crippen LogP contribution in [0.3, 0.4) is 0 Å². The van der Waals surface area contributed by atoms with Gasteiger partial charge < -0.3 is 30.5 Å². The van der Waals surface area contributed by atoms with Gasteiger partial charge in [-0.05, 0) is 27.2 Å². The Morgan fingerprint density at radius 1 is 1.05 bits per heavy atom. The maximum atomic E-state index is 6.09. The zero-order valence-electron chi connectivity index (χ0n) is 12.9. The van der Waals surface area contributed by atoms with Gasteiger partial charge in [-0.25, -0.2) is 0 Å². The molecule has 0 aromatic heterocycles. The van der Waals surface area contributed by atoms with Crippen molar-refractivity contribution >= 4 is 8.80 Å². The van der Waals surface area contributed by atoms with Gasteiger partial charge in [-0.15, -0.1) is 0 Å². The van der Waals surface area contributed by atoms with Gasteiger partial charge >= 0.3 is 8.80 Å². The van der Waals surface area contributed by atoms with E-state index in [2.05, 4.69) is 13.2 Å². The molecule has 0 aromatic rings. The lowest BCUT2D eigenvalue weighted by Crippen LogP contribution is -2.60. The van der Waals surface area contributed by atoms with Gasteiger partial charge in [0.1, 0.15) is 5.79 Å². The van der Waals surface area contributed by atoms with E-state index in [1.54, 1.807) is 12.2 Å². The van der Waals surface area contributed by atoms with E-state index in [1.165, 1.54) is 0 Å². The predicted octanol–water partition coefficient (Wildman–Crippen LogP) is 1.07. The molecule has 0 fully saturated rings. The average molecular weight is 303 g/mol. The smallest absolute Gasteiger partial charge is 0.374 e. The number of hydrogen-bond donors (Lipinski definition) is 3. The third-order valence-corrected chi connectivity index (χ3v) is 5.85. The summed E-state index contributed by atoms with van der Waals surface area (Å²) < 4.78 is 17.7. The van der Waals surface area contributed by atoms with E-state index in [1.807, 2.05) is 20.8 Å². The highest BCUT2D eigenvalue weighted by atomic mass is 28.4. The Balaban J connectivity index is 5.19. The molecule has 0 aliphatic rings. The monoisotopic (exact) mass is 303 g/mol. The van der Waals surface area contributed by atoms with Crippen molar-refractivity contribution in [2.24, 2.45) is 17.2 Å². The van der Waals surface area contributed by atoms with Crippen LogP contribution in [-0.2, 0) is 13.3 Å². The molecule has 118 valence electrons. The maximum absolute atomic E-state index is 6.09. The van der Waals surface area contributed by atoms with E-state index < -0.39 is 20.2 Å². The van der Waals surface area contributed by atoms with E-state index in [0.717, 1.165) is 0 Å². The highest BCUT2D eigenvalue weighted by Gasteiger charge is 2.45. The SMILES string of the molecule is C=CC(C)(C=C)O[Si](CCC(N)(N)N)(OCC)OCC. The first-order valence-electron chi connectivity index (χ1n) is 6.78. The van der Waals surface area contributed by atoms with E-state index >= 15 is 0 Å². The second-order valence-electron chi connectivity index (χ2n) is 4.86. The summed E-state index contributed by atoms with van der Waals surface area (Å²) in [4.78, 5) is 0. The number of hydrogen-bond acceptors (Lipinski definition) is 6. The molecule has 6 N–H and O–H groups in total. The minimum atomic E-state index is -2.97. The Morgan fingerprint density at radius 3 is 1.80 bits per heavy atom. The van der Waals surface area contributed by atoms with Crippen molar-refractivity contribution in [1.82, 2.24) is 0 Å². The second kappa shape index (κ2) is 8.04. The Morgan fingerprint density at radius 2 is 1.50 bits per heavy atom. The van der Waals surface area contributed by atoms with Crippen molar-refractivity contribution in [1.29, 1.82) is 0 Å². The molecule has 0 aliphatic carbocycles. The first kappa shape index (κ1) is 19.5. The Hall–Kier alpha value is -0.543. The topological polar surface area (TPSA) is 106 Å². The molecule has 0 unspecified atom stereocenters. The normalized spacial score (nSPS) is 13.3. The fourth-order valence-corrected chi connectivity index (χ4v) is 4.65. The summed E-state index contributed by atoms with van der Waals surface area (Å²) in [7, 11) is -2.97. The molecule has 0 saturated heterocycles. The van der Waals surface area contributed by atoms with Gasteiger partial charge in [0.2, 0.25) is 0 Å². The van der Waals surface area contributed by atoms with Gasteiger partial charge in [-0.2, -0.15) is 0 Å². The van der Waals surface area contributed by atoms with Gasteiger partial charge in [0, 0.05) is 19.3 Å². The zero-order valence-corrected chi connectivity index (χ0v) is 13.9. The van der Waals surface area contributed by atoms with Crippen molar-refractivity contribution in [2.45, 2.75) is 44.6 Å².